The van der Waals surface area contributed by atoms with Gasteiger partial charge in [0.15, 0.2) is 5.78 Å². The average Bonchev–Trinajstić information content (AvgIpc) is 2.69. The third-order valence-corrected chi connectivity index (χ3v) is 4.75. The van der Waals surface area contributed by atoms with Crippen LogP contribution in [0.25, 0.3) is 0 Å². The molecule has 0 saturated heterocycles. The van der Waals surface area contributed by atoms with Gasteiger partial charge in [-0.1, -0.05) is 114 Å². The van der Waals surface area contributed by atoms with Crippen LogP contribution < -0.4 is 0 Å². The molecule has 0 aromatic heterocycles. The van der Waals surface area contributed by atoms with Crippen LogP contribution in [0.3, 0.4) is 0 Å². The van der Waals surface area contributed by atoms with E-state index in [9.17, 15) is 19.8 Å². The minimum atomic E-state index is -2.93. The van der Waals surface area contributed by atoms with Gasteiger partial charge in [-0.3, -0.25) is 9.59 Å². The molecule has 0 aromatic rings. The van der Waals surface area contributed by atoms with Gasteiger partial charge in [-0.15, -0.1) is 0 Å². The second-order valence-corrected chi connectivity index (χ2v) is 7.47. The second-order valence-electron chi connectivity index (χ2n) is 7.47. The molecular formula is C25H40O4. The van der Waals surface area contributed by atoms with E-state index in [1.807, 2.05) is 18.2 Å². The lowest BCUT2D eigenvalue weighted by Crippen LogP contribution is -2.44. The number of aliphatic hydroxyl groups is 2. The summed E-state index contributed by atoms with van der Waals surface area (Å²) in [4.78, 5) is 22.3. The van der Waals surface area contributed by atoms with Gasteiger partial charge in [-0.25, -0.2) is 0 Å². The number of hydrogen-bond donors (Lipinski definition) is 2. The van der Waals surface area contributed by atoms with E-state index in [4.69, 9.17) is 0 Å². The summed E-state index contributed by atoms with van der Waals surface area (Å²) < 4.78 is 0. The Morgan fingerprint density at radius 3 is 1.66 bits per heavy atom. The van der Waals surface area contributed by atoms with Crippen LogP contribution in [0.15, 0.2) is 48.6 Å². The van der Waals surface area contributed by atoms with Crippen LogP contribution in [0.2, 0.25) is 0 Å². The van der Waals surface area contributed by atoms with Crippen molar-refractivity contribution in [2.75, 3.05) is 0 Å². The van der Waals surface area contributed by atoms with Gasteiger partial charge in [-0.2, -0.15) is 0 Å². The molecule has 29 heavy (non-hydrogen) atoms. The highest BCUT2D eigenvalue weighted by molar-refractivity contribution is 6.12. The number of allylic oxidation sites excluding steroid dienone is 7. The van der Waals surface area contributed by atoms with Crippen LogP contribution in [0.1, 0.15) is 90.9 Å². The highest BCUT2D eigenvalue weighted by atomic mass is 16.5. The first-order chi connectivity index (χ1) is 13.9. The Balaban J connectivity index is 3.65. The van der Waals surface area contributed by atoms with E-state index in [0.29, 0.717) is 0 Å². The maximum absolute atomic E-state index is 11.4. The highest BCUT2D eigenvalue weighted by Crippen LogP contribution is 2.12. The molecule has 0 saturated carbocycles. The smallest absolute Gasteiger partial charge is 0.289 e. The molecule has 0 aliphatic heterocycles. The lowest BCUT2D eigenvalue weighted by atomic mass is 10.1. The number of rotatable bonds is 18. The number of ketones is 2. The van der Waals surface area contributed by atoms with Gasteiger partial charge in [0, 0.05) is 6.92 Å². The maximum Gasteiger partial charge on any atom is 0.289 e. The van der Waals surface area contributed by atoms with Crippen LogP contribution in [-0.2, 0) is 9.59 Å². The Kier molecular flexibility index (Phi) is 17.1. The van der Waals surface area contributed by atoms with Crippen LogP contribution in [-0.4, -0.2) is 27.6 Å². The molecule has 0 unspecified atom stereocenters. The molecule has 0 rings (SSSR count). The monoisotopic (exact) mass is 404 g/mol. The third-order valence-electron chi connectivity index (χ3n) is 4.75. The Labute approximate surface area is 177 Å². The van der Waals surface area contributed by atoms with Crippen molar-refractivity contribution in [2.45, 2.75) is 96.7 Å². The quantitative estimate of drug-likeness (QED) is 0.100. The van der Waals surface area contributed by atoms with E-state index in [0.717, 1.165) is 19.4 Å². The van der Waals surface area contributed by atoms with Crippen molar-refractivity contribution in [3.8, 4) is 0 Å². The van der Waals surface area contributed by atoms with Crippen LogP contribution in [0.4, 0.5) is 0 Å². The first-order valence-electron chi connectivity index (χ1n) is 11.1. The standard InChI is InChI=1S/C25H40O4/c1-3-4-5-6-7-8-9-10-11-12-13-14-15-16-17-18-19-20-21-22-24(27)25(28,29)23(2)26/h15-22,28-29H,3-14H2,1-2H3. The van der Waals surface area contributed by atoms with E-state index in [1.165, 1.54) is 76.7 Å². The van der Waals surface area contributed by atoms with Crippen LogP contribution in [0.5, 0.6) is 0 Å². The summed E-state index contributed by atoms with van der Waals surface area (Å²) in [5, 5.41) is 18.5. The van der Waals surface area contributed by atoms with Gasteiger partial charge in [-0.05, 0) is 18.9 Å². The third kappa shape index (κ3) is 15.8. The average molecular weight is 405 g/mol. The molecule has 0 aliphatic carbocycles. The van der Waals surface area contributed by atoms with Gasteiger partial charge in [0.05, 0.1) is 0 Å². The predicted molar refractivity (Wildman–Crippen MR) is 120 cm³/mol. The summed E-state index contributed by atoms with van der Waals surface area (Å²) in [5.74, 6) is -4.98. The topological polar surface area (TPSA) is 74.6 Å². The number of carbonyl (C=O) groups is 2. The van der Waals surface area contributed by atoms with Crippen molar-refractivity contribution in [1.82, 2.24) is 0 Å². The molecule has 0 aliphatic rings. The Bertz CT molecular complexity index is 553. The van der Waals surface area contributed by atoms with Crippen molar-refractivity contribution in [3.05, 3.63) is 48.6 Å². The van der Waals surface area contributed by atoms with E-state index in [-0.39, 0.29) is 0 Å². The van der Waals surface area contributed by atoms with Crippen molar-refractivity contribution < 1.29 is 19.8 Å². The van der Waals surface area contributed by atoms with Gasteiger partial charge < -0.3 is 10.2 Å². The highest BCUT2D eigenvalue weighted by Gasteiger charge is 2.36. The maximum atomic E-state index is 11.4. The largest absolute Gasteiger partial charge is 0.354 e. The Morgan fingerprint density at radius 2 is 1.14 bits per heavy atom. The summed E-state index contributed by atoms with van der Waals surface area (Å²) in [6.07, 6.45) is 29.5. The summed E-state index contributed by atoms with van der Waals surface area (Å²) in [7, 11) is 0. The molecule has 0 atom stereocenters. The van der Waals surface area contributed by atoms with E-state index in [1.54, 1.807) is 12.2 Å². The molecular weight excluding hydrogens is 364 g/mol. The Morgan fingerprint density at radius 1 is 0.690 bits per heavy atom. The van der Waals surface area contributed by atoms with E-state index < -0.39 is 17.4 Å². The van der Waals surface area contributed by atoms with Crippen molar-refractivity contribution >= 4 is 11.6 Å². The predicted octanol–water partition coefficient (Wildman–Crippen LogP) is 5.75. The molecule has 4 heteroatoms. The van der Waals surface area contributed by atoms with Crippen LogP contribution >= 0.6 is 0 Å². The second kappa shape index (κ2) is 18.3. The SMILES string of the molecule is CCCCCCCCCCCCCC=CC=CC=CC=CC(=O)C(O)(O)C(C)=O. The minimum absolute atomic E-state index is 0.952. The number of Topliss-reactive ketones (excluding diaryl/α,β-unsaturated/α-hetero) is 1. The fourth-order valence-corrected chi connectivity index (χ4v) is 2.79. The fourth-order valence-electron chi connectivity index (χ4n) is 2.79. The zero-order valence-corrected chi connectivity index (χ0v) is 18.3. The first kappa shape index (κ1) is 27.2. The van der Waals surface area contributed by atoms with Gasteiger partial charge in [0.2, 0.25) is 5.78 Å². The molecule has 0 radical (unpaired) electrons. The number of carbonyl (C=O) groups excluding carboxylic acids is 2. The summed E-state index contributed by atoms with van der Waals surface area (Å²) in [6, 6.07) is 0. The van der Waals surface area contributed by atoms with Gasteiger partial charge in [0.25, 0.3) is 5.79 Å². The zero-order valence-electron chi connectivity index (χ0n) is 18.3. The van der Waals surface area contributed by atoms with E-state index >= 15 is 0 Å². The van der Waals surface area contributed by atoms with Crippen molar-refractivity contribution in [1.29, 1.82) is 0 Å². The molecule has 4 nitrogen and oxygen atoms in total. The van der Waals surface area contributed by atoms with Crippen molar-refractivity contribution in [2.24, 2.45) is 0 Å². The molecule has 0 spiro atoms. The van der Waals surface area contributed by atoms with Gasteiger partial charge in [0.1, 0.15) is 0 Å². The number of unbranched alkanes of at least 4 members (excludes halogenated alkanes) is 11. The lowest BCUT2D eigenvalue weighted by Gasteiger charge is -2.13. The molecule has 0 amide bonds. The first-order valence-corrected chi connectivity index (χ1v) is 11.1. The molecule has 164 valence electrons. The molecule has 0 aromatic carbocycles. The molecule has 2 N–H and O–H groups in total. The summed E-state index contributed by atoms with van der Waals surface area (Å²) >= 11 is 0. The fraction of sp³-hybridized carbons (Fsp3) is 0.600. The van der Waals surface area contributed by atoms with Crippen molar-refractivity contribution in [3.63, 3.8) is 0 Å². The normalized spacial score (nSPS) is 12.8. The van der Waals surface area contributed by atoms with Gasteiger partial charge >= 0.3 is 0 Å². The Hall–Kier alpha value is -1.78. The number of hydrogen-bond acceptors (Lipinski definition) is 4. The molecule has 0 fully saturated rings. The zero-order chi connectivity index (χ0) is 21.8. The molecule has 0 heterocycles. The minimum Gasteiger partial charge on any atom is -0.354 e. The summed E-state index contributed by atoms with van der Waals surface area (Å²) in [5.41, 5.74) is 0. The van der Waals surface area contributed by atoms with Crippen LogP contribution in [0, 0.1) is 0 Å². The van der Waals surface area contributed by atoms with E-state index in [2.05, 4.69) is 13.0 Å². The molecule has 0 bridgehead atoms. The summed E-state index contributed by atoms with van der Waals surface area (Å²) in [6.45, 7) is 3.21. The lowest BCUT2D eigenvalue weighted by molar-refractivity contribution is -0.184.